The maximum Gasteiger partial charge on any atom is 0.255 e. The topological polar surface area (TPSA) is 70.2 Å². The Kier molecular flexibility index (Phi) is 15.8. The van der Waals surface area contributed by atoms with Crippen LogP contribution in [0.1, 0.15) is 107 Å². The summed E-state index contributed by atoms with van der Waals surface area (Å²) in [6.45, 7) is 3.22. The van der Waals surface area contributed by atoms with Crippen molar-refractivity contribution in [1.29, 1.82) is 0 Å². The Bertz CT molecular complexity index is 854. The number of rotatable bonds is 20. The number of hydrogen-bond acceptors (Lipinski definition) is 3. The number of carbonyl (C=O) groups excluding carboxylic acids is 2. The molecule has 3 N–H and O–H groups in total. The third kappa shape index (κ3) is 13.9. The van der Waals surface area contributed by atoms with Crippen LogP contribution in [0.4, 0.5) is 11.4 Å². The van der Waals surface area contributed by atoms with Gasteiger partial charge in [-0.25, -0.2) is 0 Å². The molecule has 2 aromatic carbocycles. The highest BCUT2D eigenvalue weighted by atomic mass is 16.2. The van der Waals surface area contributed by atoms with Gasteiger partial charge in [-0.3, -0.25) is 9.59 Å². The number of unbranched alkanes of at least 4 members (excludes halogenated alkanes) is 13. The maximum absolute atomic E-state index is 12.3. The van der Waals surface area contributed by atoms with Crippen LogP contribution >= 0.6 is 0 Å². The van der Waals surface area contributed by atoms with E-state index in [0.717, 1.165) is 18.7 Å². The Morgan fingerprint density at radius 1 is 0.639 bits per heavy atom. The van der Waals surface area contributed by atoms with Crippen LogP contribution in [0.3, 0.4) is 0 Å². The molecule has 0 saturated carbocycles. The summed E-state index contributed by atoms with van der Waals surface area (Å²) >= 11 is 0. The fraction of sp³-hybridized carbons (Fsp3) is 0.548. The van der Waals surface area contributed by atoms with E-state index >= 15 is 0 Å². The zero-order valence-corrected chi connectivity index (χ0v) is 22.3. The minimum atomic E-state index is -0.154. The highest BCUT2D eigenvalue weighted by Gasteiger charge is 2.06. The summed E-state index contributed by atoms with van der Waals surface area (Å²) in [4.78, 5) is 24.5. The molecule has 0 aliphatic heterocycles. The van der Waals surface area contributed by atoms with Gasteiger partial charge in [-0.2, -0.15) is 0 Å². The first-order valence-electron chi connectivity index (χ1n) is 14.2. The van der Waals surface area contributed by atoms with Gasteiger partial charge in [0.05, 0.1) is 6.54 Å². The number of benzene rings is 2. The van der Waals surface area contributed by atoms with Crippen LogP contribution in [0.25, 0.3) is 0 Å². The first-order chi connectivity index (χ1) is 17.7. The Hall–Kier alpha value is -2.82. The van der Waals surface area contributed by atoms with Gasteiger partial charge < -0.3 is 16.0 Å². The molecular weight excluding hydrogens is 446 g/mol. The van der Waals surface area contributed by atoms with Gasteiger partial charge >= 0.3 is 0 Å². The molecule has 0 spiro atoms. The molecule has 0 atom stereocenters. The van der Waals surface area contributed by atoms with E-state index in [-0.39, 0.29) is 18.4 Å². The smallest absolute Gasteiger partial charge is 0.255 e. The van der Waals surface area contributed by atoms with Crippen molar-refractivity contribution in [3.05, 3.63) is 60.2 Å². The minimum absolute atomic E-state index is 0.0107. The van der Waals surface area contributed by atoms with E-state index in [1.807, 2.05) is 42.5 Å². The lowest BCUT2D eigenvalue weighted by Crippen LogP contribution is -2.30. The van der Waals surface area contributed by atoms with Crippen molar-refractivity contribution in [2.45, 2.75) is 96.8 Å². The molecule has 0 unspecified atom stereocenters. The molecule has 0 aromatic heterocycles. The third-order valence-electron chi connectivity index (χ3n) is 6.46. The molecule has 0 fully saturated rings. The monoisotopic (exact) mass is 493 g/mol. The van der Waals surface area contributed by atoms with Crippen molar-refractivity contribution >= 4 is 23.2 Å². The molecule has 2 rings (SSSR count). The molecule has 0 saturated heterocycles. The predicted molar refractivity (Wildman–Crippen MR) is 153 cm³/mol. The van der Waals surface area contributed by atoms with Crippen molar-refractivity contribution in [2.75, 3.05) is 23.7 Å². The molecule has 198 valence electrons. The molecule has 5 nitrogen and oxygen atoms in total. The van der Waals surface area contributed by atoms with E-state index in [0.29, 0.717) is 11.3 Å². The minimum Gasteiger partial charge on any atom is -0.376 e. The second-order valence-electron chi connectivity index (χ2n) is 9.70. The number of nitrogens with one attached hydrogen (secondary N) is 3. The molecule has 0 radical (unpaired) electrons. The first-order valence-corrected chi connectivity index (χ1v) is 14.2. The number of hydrogen-bond donors (Lipinski definition) is 3. The zero-order chi connectivity index (χ0) is 25.7. The van der Waals surface area contributed by atoms with Crippen LogP contribution in [0.15, 0.2) is 54.6 Å². The molecule has 2 aromatic rings. The van der Waals surface area contributed by atoms with Crippen molar-refractivity contribution in [3.8, 4) is 0 Å². The summed E-state index contributed by atoms with van der Waals surface area (Å²) in [5.41, 5.74) is 2.10. The van der Waals surface area contributed by atoms with Crippen molar-refractivity contribution < 1.29 is 9.59 Å². The Morgan fingerprint density at radius 2 is 1.19 bits per heavy atom. The van der Waals surface area contributed by atoms with Crippen LogP contribution in [0.5, 0.6) is 0 Å². The van der Waals surface area contributed by atoms with E-state index in [4.69, 9.17) is 0 Å². The normalized spacial score (nSPS) is 10.7. The van der Waals surface area contributed by atoms with Crippen LogP contribution in [0.2, 0.25) is 0 Å². The first kappa shape index (κ1) is 29.4. The lowest BCUT2D eigenvalue weighted by atomic mass is 10.0. The molecule has 5 heteroatoms. The van der Waals surface area contributed by atoms with Gasteiger partial charge in [0.15, 0.2) is 0 Å². The Labute approximate surface area is 218 Å². The van der Waals surface area contributed by atoms with Gasteiger partial charge in [0, 0.05) is 23.5 Å². The highest BCUT2D eigenvalue weighted by Crippen LogP contribution is 2.16. The van der Waals surface area contributed by atoms with Crippen LogP contribution in [-0.4, -0.2) is 24.9 Å². The van der Waals surface area contributed by atoms with Gasteiger partial charge in [0.25, 0.3) is 5.91 Å². The van der Waals surface area contributed by atoms with E-state index in [1.165, 1.54) is 83.5 Å². The number of carbonyl (C=O) groups is 2. The molecule has 36 heavy (non-hydrogen) atoms. The second-order valence-corrected chi connectivity index (χ2v) is 9.70. The fourth-order valence-electron chi connectivity index (χ4n) is 4.29. The summed E-state index contributed by atoms with van der Waals surface area (Å²) in [7, 11) is 0. The summed E-state index contributed by atoms with van der Waals surface area (Å²) < 4.78 is 0. The number of amides is 2. The molecular formula is C31H47N3O2. The quantitative estimate of drug-likeness (QED) is 0.164. The average molecular weight is 494 g/mol. The summed E-state index contributed by atoms with van der Waals surface area (Å²) in [6, 6.07) is 16.5. The zero-order valence-electron chi connectivity index (χ0n) is 22.3. The Balaban J connectivity index is 1.45. The van der Waals surface area contributed by atoms with Crippen LogP contribution < -0.4 is 16.0 Å². The van der Waals surface area contributed by atoms with E-state index < -0.39 is 0 Å². The lowest BCUT2D eigenvalue weighted by molar-refractivity contribution is -0.119. The Morgan fingerprint density at radius 3 is 1.81 bits per heavy atom. The summed E-state index contributed by atoms with van der Waals surface area (Å²) in [5, 5.41) is 9.02. The van der Waals surface area contributed by atoms with E-state index in [9.17, 15) is 9.59 Å². The molecule has 2 amide bonds. The second kappa shape index (κ2) is 19.4. The van der Waals surface area contributed by atoms with E-state index in [2.05, 4.69) is 22.9 Å². The third-order valence-corrected chi connectivity index (χ3v) is 6.46. The van der Waals surface area contributed by atoms with E-state index in [1.54, 1.807) is 12.1 Å². The van der Waals surface area contributed by atoms with Crippen molar-refractivity contribution in [1.82, 2.24) is 5.32 Å². The predicted octanol–water partition coefficient (Wildman–Crippen LogP) is 7.95. The SMILES string of the molecule is CCCCCCCCCCCCCCCCNC(=O)CNc1cccc(NC(=O)c2ccccc2)c1. The van der Waals surface area contributed by atoms with Gasteiger partial charge in [-0.05, 0) is 36.8 Å². The molecule has 0 aliphatic carbocycles. The molecule has 0 bridgehead atoms. The summed E-state index contributed by atoms with van der Waals surface area (Å²) in [5.74, 6) is -0.165. The number of anilines is 2. The fourth-order valence-corrected chi connectivity index (χ4v) is 4.29. The van der Waals surface area contributed by atoms with Gasteiger partial charge in [0.1, 0.15) is 0 Å². The average Bonchev–Trinajstić information content (AvgIpc) is 2.90. The van der Waals surface area contributed by atoms with Gasteiger partial charge in [0.2, 0.25) is 5.91 Å². The molecule has 0 heterocycles. The largest absolute Gasteiger partial charge is 0.376 e. The van der Waals surface area contributed by atoms with Crippen LogP contribution in [0, 0.1) is 0 Å². The van der Waals surface area contributed by atoms with Crippen molar-refractivity contribution in [2.24, 2.45) is 0 Å². The van der Waals surface area contributed by atoms with Crippen molar-refractivity contribution in [3.63, 3.8) is 0 Å². The van der Waals surface area contributed by atoms with Gasteiger partial charge in [-0.15, -0.1) is 0 Å². The van der Waals surface area contributed by atoms with Gasteiger partial charge in [-0.1, -0.05) is 115 Å². The lowest BCUT2D eigenvalue weighted by Gasteiger charge is -2.10. The standard InChI is InChI=1S/C31H47N3O2/c1-2-3-4-5-6-7-8-9-10-11-12-13-14-18-24-32-30(35)26-33-28-22-19-23-29(25-28)34-31(36)27-20-16-15-17-21-27/h15-17,19-23,25,33H,2-14,18,24,26H2,1H3,(H,32,35)(H,34,36). The summed E-state index contributed by atoms with van der Waals surface area (Å²) in [6.07, 6.45) is 18.7. The highest BCUT2D eigenvalue weighted by molar-refractivity contribution is 6.04. The molecule has 0 aliphatic rings. The maximum atomic E-state index is 12.3. The van der Waals surface area contributed by atoms with Crippen LogP contribution in [-0.2, 0) is 4.79 Å².